The molecule has 0 N–H and O–H groups in total. The molecule has 0 saturated heterocycles. The van der Waals surface area contributed by atoms with Crippen LogP contribution in [0.4, 0.5) is 0 Å². The molecule has 0 aromatic heterocycles. The zero-order valence-electron chi connectivity index (χ0n) is 17.5. The van der Waals surface area contributed by atoms with Crippen molar-refractivity contribution in [1.29, 1.82) is 0 Å². The Kier molecular flexibility index (Phi) is 9.71. The number of halogens is 2. The molecule has 0 saturated carbocycles. The molecule has 0 spiro atoms. The third kappa shape index (κ3) is 4.56. The van der Waals surface area contributed by atoms with E-state index in [9.17, 15) is 0 Å². The summed E-state index contributed by atoms with van der Waals surface area (Å²) in [6.07, 6.45) is 7.59. The number of allylic oxidation sites excluding steroid dienone is 5. The molecule has 146 valence electrons. The summed E-state index contributed by atoms with van der Waals surface area (Å²) in [7, 11) is 0. The Bertz CT molecular complexity index is 772. The standard InChI is InChI=1S/C12H13.C12H19.2BrH.Zr/c1-2-5-10-8-11-6-3-4-7-12(11)9-10;1-6-7-12-10(4)8(2)9(3)11(12)5;;;/h3-4,6-9H,2,5H2,1H3;6-7H2,1-5H3;2*1H;/q;;;;+2/p-2. The summed E-state index contributed by atoms with van der Waals surface area (Å²) >= 11 is -0.730. The fourth-order valence-corrected chi connectivity index (χ4v) is 10.4. The van der Waals surface area contributed by atoms with Crippen LogP contribution in [0.3, 0.4) is 0 Å². The first-order valence-corrected chi connectivity index (χ1v) is 12.5. The van der Waals surface area contributed by atoms with Gasteiger partial charge in [-0.05, 0) is 0 Å². The Balaban J connectivity index is 0.00000182. The molecule has 0 bridgehead atoms. The SMILES string of the molecule is CCCC1=Cc2ccccc2[CH]1[Zr+2][C]1(C)C(C)=C(C)C(C)=C1CCC.[Br-].[Br-]. The minimum absolute atomic E-state index is 0. The second-order valence-corrected chi connectivity index (χ2v) is 12.5. The third-order valence-corrected chi connectivity index (χ3v) is 11.9. The fourth-order valence-electron chi connectivity index (χ4n) is 4.72. The zero-order valence-corrected chi connectivity index (χ0v) is 23.2. The normalized spacial score (nSPS) is 23.5. The summed E-state index contributed by atoms with van der Waals surface area (Å²) in [6.45, 7) is 14.4. The Morgan fingerprint density at radius 3 is 2.19 bits per heavy atom. The van der Waals surface area contributed by atoms with Crippen LogP contribution in [-0.4, -0.2) is 0 Å². The van der Waals surface area contributed by atoms with Crippen molar-refractivity contribution in [2.75, 3.05) is 0 Å². The summed E-state index contributed by atoms with van der Waals surface area (Å²) in [5.74, 6) is 0. The largest absolute Gasteiger partial charge is 1.00 e. The first-order chi connectivity index (χ1) is 11.9. The second kappa shape index (κ2) is 10.4. The van der Waals surface area contributed by atoms with Crippen LogP contribution in [0.2, 0.25) is 3.12 Å². The number of hydrogen-bond acceptors (Lipinski definition) is 0. The van der Waals surface area contributed by atoms with Gasteiger partial charge in [-0.15, -0.1) is 0 Å². The number of fused-ring (bicyclic) bond motifs is 1. The second-order valence-electron chi connectivity index (χ2n) is 7.90. The maximum Gasteiger partial charge on any atom is -1.00 e. The molecule has 0 amide bonds. The van der Waals surface area contributed by atoms with Crippen LogP contribution in [-0.2, 0) is 23.2 Å². The molecular weight excluding hydrogens is 539 g/mol. The van der Waals surface area contributed by atoms with E-state index in [4.69, 9.17) is 0 Å². The number of hydrogen-bond donors (Lipinski definition) is 0. The molecule has 0 nitrogen and oxygen atoms in total. The molecule has 0 radical (unpaired) electrons. The van der Waals surface area contributed by atoms with Crippen molar-refractivity contribution in [3.63, 3.8) is 0 Å². The van der Waals surface area contributed by atoms with Gasteiger partial charge in [0, 0.05) is 0 Å². The van der Waals surface area contributed by atoms with Crippen molar-refractivity contribution in [3.05, 3.63) is 63.3 Å². The molecule has 27 heavy (non-hydrogen) atoms. The Morgan fingerprint density at radius 2 is 1.56 bits per heavy atom. The molecule has 0 aliphatic heterocycles. The van der Waals surface area contributed by atoms with E-state index in [-0.39, 0.29) is 34.0 Å². The van der Waals surface area contributed by atoms with E-state index >= 15 is 0 Å². The first kappa shape index (κ1) is 25.3. The van der Waals surface area contributed by atoms with Gasteiger partial charge in [0.05, 0.1) is 0 Å². The van der Waals surface area contributed by atoms with Crippen molar-refractivity contribution in [3.8, 4) is 0 Å². The predicted octanol–water partition coefficient (Wildman–Crippen LogP) is 1.66. The van der Waals surface area contributed by atoms with Gasteiger partial charge in [0.1, 0.15) is 0 Å². The molecule has 1 aromatic rings. The van der Waals surface area contributed by atoms with Crippen molar-refractivity contribution >= 4 is 6.08 Å². The molecular formula is C24H32Br2Zr. The first-order valence-electron chi connectivity index (χ1n) is 9.89. The van der Waals surface area contributed by atoms with Crippen LogP contribution in [0.5, 0.6) is 0 Å². The van der Waals surface area contributed by atoms with Gasteiger partial charge in [-0.25, -0.2) is 0 Å². The van der Waals surface area contributed by atoms with E-state index in [1.54, 1.807) is 33.4 Å². The van der Waals surface area contributed by atoms with Crippen LogP contribution in [0, 0.1) is 0 Å². The molecule has 0 fully saturated rings. The molecule has 1 aromatic carbocycles. The van der Waals surface area contributed by atoms with Crippen molar-refractivity contribution < 1.29 is 57.2 Å². The van der Waals surface area contributed by atoms with E-state index in [0.717, 1.165) is 3.63 Å². The molecule has 0 heterocycles. The summed E-state index contributed by atoms with van der Waals surface area (Å²) in [6, 6.07) is 9.17. The summed E-state index contributed by atoms with van der Waals surface area (Å²) in [4.78, 5) is 0. The van der Waals surface area contributed by atoms with E-state index < -0.39 is 23.2 Å². The van der Waals surface area contributed by atoms with Gasteiger partial charge >= 0.3 is 167 Å². The molecule has 3 heteroatoms. The summed E-state index contributed by atoms with van der Waals surface area (Å²) in [5, 5.41) is 0. The fraction of sp³-hybridized carbons (Fsp3) is 0.500. The van der Waals surface area contributed by atoms with Crippen LogP contribution in [0.15, 0.2) is 52.1 Å². The van der Waals surface area contributed by atoms with Gasteiger partial charge in [-0.2, -0.15) is 0 Å². The van der Waals surface area contributed by atoms with Crippen LogP contribution < -0.4 is 34.0 Å². The Labute approximate surface area is 199 Å². The molecule has 2 aliphatic rings. The van der Waals surface area contributed by atoms with Crippen molar-refractivity contribution in [2.24, 2.45) is 0 Å². The maximum absolute atomic E-state index is 2.59. The van der Waals surface area contributed by atoms with Crippen LogP contribution in [0.1, 0.15) is 82.0 Å². The Hall–Kier alpha value is 0.283. The average molecular weight is 572 g/mol. The quantitative estimate of drug-likeness (QED) is 0.488. The monoisotopic (exact) mass is 568 g/mol. The third-order valence-electron chi connectivity index (χ3n) is 6.42. The molecule has 2 aliphatic carbocycles. The predicted molar refractivity (Wildman–Crippen MR) is 106 cm³/mol. The van der Waals surface area contributed by atoms with Gasteiger partial charge in [0.25, 0.3) is 0 Å². The minimum atomic E-state index is -0.730. The smallest absolute Gasteiger partial charge is 1.00 e. The van der Waals surface area contributed by atoms with Gasteiger partial charge in [0.2, 0.25) is 0 Å². The molecule has 2 unspecified atom stereocenters. The van der Waals surface area contributed by atoms with E-state index in [0.29, 0.717) is 3.12 Å². The van der Waals surface area contributed by atoms with Crippen LogP contribution in [0.25, 0.3) is 6.08 Å². The number of rotatable bonds is 6. The van der Waals surface area contributed by atoms with E-state index in [1.165, 1.54) is 31.2 Å². The van der Waals surface area contributed by atoms with Gasteiger partial charge < -0.3 is 34.0 Å². The zero-order chi connectivity index (χ0) is 18.2. The summed E-state index contributed by atoms with van der Waals surface area (Å²) in [5.41, 5.74) is 11.5. The minimum Gasteiger partial charge on any atom is -1.00 e. The van der Waals surface area contributed by atoms with Crippen molar-refractivity contribution in [1.82, 2.24) is 0 Å². The molecule has 3 rings (SSSR count). The Morgan fingerprint density at radius 1 is 0.926 bits per heavy atom. The van der Waals surface area contributed by atoms with Gasteiger partial charge in [0.15, 0.2) is 0 Å². The van der Waals surface area contributed by atoms with Crippen molar-refractivity contribution in [2.45, 2.75) is 74.0 Å². The number of benzene rings is 1. The molecule has 2 atom stereocenters. The van der Waals surface area contributed by atoms with E-state index in [1.807, 2.05) is 0 Å². The maximum atomic E-state index is 2.59. The average Bonchev–Trinajstić information content (AvgIpc) is 3.01. The van der Waals surface area contributed by atoms with E-state index in [2.05, 4.69) is 71.9 Å². The summed E-state index contributed by atoms with van der Waals surface area (Å²) < 4.78 is 1.15. The van der Waals surface area contributed by atoms with Gasteiger partial charge in [-0.3, -0.25) is 0 Å². The van der Waals surface area contributed by atoms with Crippen LogP contribution >= 0.6 is 0 Å². The topological polar surface area (TPSA) is 0 Å². The van der Waals surface area contributed by atoms with Gasteiger partial charge in [-0.1, -0.05) is 0 Å².